The molecule has 0 bridgehead atoms. The molecular formula is C13H17N3O. The van der Waals surface area contributed by atoms with Crippen LogP contribution in [0.4, 0.5) is 0 Å². The molecule has 4 nitrogen and oxygen atoms in total. The molecule has 0 atom stereocenters. The lowest BCUT2D eigenvalue weighted by molar-refractivity contribution is 0.449. The molecule has 0 aliphatic rings. The van der Waals surface area contributed by atoms with Crippen molar-refractivity contribution in [3.05, 3.63) is 47.4 Å². The van der Waals surface area contributed by atoms with Gasteiger partial charge in [-0.3, -0.25) is 4.98 Å². The van der Waals surface area contributed by atoms with Gasteiger partial charge in [0.25, 0.3) is 0 Å². The standard InChI is InChI=1S/C13H17N3O/c1-10-11(2)17-13(16-10)9-14-8-6-12-5-3-4-7-15-12/h3-5,7,14H,6,8-9H2,1-2H3. The first-order valence-corrected chi connectivity index (χ1v) is 5.79. The predicted molar refractivity (Wildman–Crippen MR) is 65.6 cm³/mol. The van der Waals surface area contributed by atoms with E-state index >= 15 is 0 Å². The summed E-state index contributed by atoms with van der Waals surface area (Å²) in [5, 5.41) is 3.29. The van der Waals surface area contributed by atoms with Crippen LogP contribution in [-0.4, -0.2) is 16.5 Å². The van der Waals surface area contributed by atoms with E-state index < -0.39 is 0 Å². The SMILES string of the molecule is Cc1nc(CNCCc2ccccn2)oc1C. The van der Waals surface area contributed by atoms with Gasteiger partial charge in [-0.1, -0.05) is 6.07 Å². The van der Waals surface area contributed by atoms with Gasteiger partial charge in [-0.05, 0) is 26.0 Å². The zero-order valence-electron chi connectivity index (χ0n) is 10.2. The molecule has 0 spiro atoms. The normalized spacial score (nSPS) is 10.7. The van der Waals surface area contributed by atoms with Crippen molar-refractivity contribution in [3.63, 3.8) is 0 Å². The molecule has 1 N–H and O–H groups in total. The predicted octanol–water partition coefficient (Wildman–Crippen LogP) is 2.02. The van der Waals surface area contributed by atoms with E-state index in [0.717, 1.165) is 36.0 Å². The van der Waals surface area contributed by atoms with E-state index in [2.05, 4.69) is 15.3 Å². The van der Waals surface area contributed by atoms with Crippen molar-refractivity contribution in [2.75, 3.05) is 6.54 Å². The molecule has 0 saturated heterocycles. The smallest absolute Gasteiger partial charge is 0.208 e. The number of rotatable bonds is 5. The lowest BCUT2D eigenvalue weighted by Gasteiger charge is -2.01. The Balaban J connectivity index is 1.73. The number of nitrogens with one attached hydrogen (secondary N) is 1. The van der Waals surface area contributed by atoms with Crippen LogP contribution in [-0.2, 0) is 13.0 Å². The van der Waals surface area contributed by atoms with Crippen LogP contribution in [0.25, 0.3) is 0 Å². The van der Waals surface area contributed by atoms with Crippen LogP contribution in [0.15, 0.2) is 28.8 Å². The number of oxazole rings is 1. The molecule has 17 heavy (non-hydrogen) atoms. The Bertz CT molecular complexity index is 445. The highest BCUT2D eigenvalue weighted by Crippen LogP contribution is 2.07. The number of aromatic nitrogens is 2. The summed E-state index contributed by atoms with van der Waals surface area (Å²) in [7, 11) is 0. The minimum absolute atomic E-state index is 0.668. The van der Waals surface area contributed by atoms with Crippen molar-refractivity contribution in [3.8, 4) is 0 Å². The van der Waals surface area contributed by atoms with E-state index in [-0.39, 0.29) is 0 Å². The van der Waals surface area contributed by atoms with Crippen LogP contribution < -0.4 is 5.32 Å². The van der Waals surface area contributed by atoms with Crippen molar-refractivity contribution < 1.29 is 4.42 Å². The summed E-state index contributed by atoms with van der Waals surface area (Å²) in [5.74, 6) is 1.65. The van der Waals surface area contributed by atoms with E-state index in [0.29, 0.717) is 6.54 Å². The van der Waals surface area contributed by atoms with Gasteiger partial charge >= 0.3 is 0 Å². The molecule has 0 fully saturated rings. The Hall–Kier alpha value is -1.68. The summed E-state index contributed by atoms with van der Waals surface area (Å²) in [6, 6.07) is 5.96. The van der Waals surface area contributed by atoms with Gasteiger partial charge in [-0.2, -0.15) is 0 Å². The molecule has 4 heteroatoms. The number of pyridine rings is 1. The van der Waals surface area contributed by atoms with Gasteiger partial charge in [-0.25, -0.2) is 4.98 Å². The Morgan fingerprint density at radius 3 is 2.82 bits per heavy atom. The van der Waals surface area contributed by atoms with Crippen LogP contribution >= 0.6 is 0 Å². The second-order valence-corrected chi connectivity index (χ2v) is 4.00. The quantitative estimate of drug-likeness (QED) is 0.800. The fraction of sp³-hybridized carbons (Fsp3) is 0.385. The maximum Gasteiger partial charge on any atom is 0.208 e. The van der Waals surface area contributed by atoms with E-state index in [1.807, 2.05) is 38.2 Å². The molecule has 0 saturated carbocycles. The average Bonchev–Trinajstić information content (AvgIpc) is 2.66. The maximum absolute atomic E-state index is 5.48. The molecule has 2 heterocycles. The van der Waals surface area contributed by atoms with Crippen LogP contribution in [0, 0.1) is 13.8 Å². The largest absolute Gasteiger partial charge is 0.444 e. The van der Waals surface area contributed by atoms with Crippen LogP contribution in [0.2, 0.25) is 0 Å². The maximum atomic E-state index is 5.48. The van der Waals surface area contributed by atoms with Gasteiger partial charge in [0.15, 0.2) is 0 Å². The fourth-order valence-electron chi connectivity index (χ4n) is 1.57. The number of aryl methyl sites for hydroxylation is 2. The summed E-state index contributed by atoms with van der Waals surface area (Å²) in [5.41, 5.74) is 2.06. The second kappa shape index (κ2) is 5.59. The zero-order valence-corrected chi connectivity index (χ0v) is 10.2. The van der Waals surface area contributed by atoms with Gasteiger partial charge in [0, 0.05) is 24.9 Å². The molecule has 0 radical (unpaired) electrons. The Morgan fingerprint density at radius 1 is 1.29 bits per heavy atom. The molecule has 0 aliphatic heterocycles. The molecule has 0 unspecified atom stereocenters. The molecule has 90 valence electrons. The first-order chi connectivity index (χ1) is 8.25. The molecular weight excluding hydrogens is 214 g/mol. The summed E-state index contributed by atoms with van der Waals surface area (Å²) in [6.07, 6.45) is 2.73. The number of hydrogen-bond donors (Lipinski definition) is 1. The first kappa shape index (κ1) is 11.8. The van der Waals surface area contributed by atoms with Crippen LogP contribution in [0.1, 0.15) is 23.0 Å². The monoisotopic (exact) mass is 231 g/mol. The molecule has 2 aromatic rings. The van der Waals surface area contributed by atoms with Crippen molar-refractivity contribution >= 4 is 0 Å². The number of nitrogens with zero attached hydrogens (tertiary/aromatic N) is 2. The second-order valence-electron chi connectivity index (χ2n) is 4.00. The summed E-state index contributed by atoms with van der Waals surface area (Å²) >= 11 is 0. The van der Waals surface area contributed by atoms with E-state index in [1.165, 1.54) is 0 Å². The van der Waals surface area contributed by atoms with Gasteiger partial charge in [0.05, 0.1) is 12.2 Å². The van der Waals surface area contributed by atoms with Gasteiger partial charge in [0.1, 0.15) is 5.76 Å². The van der Waals surface area contributed by atoms with E-state index in [9.17, 15) is 0 Å². The third-order valence-electron chi connectivity index (χ3n) is 2.63. The summed E-state index contributed by atoms with van der Waals surface area (Å²) < 4.78 is 5.48. The summed E-state index contributed by atoms with van der Waals surface area (Å²) in [4.78, 5) is 8.57. The minimum Gasteiger partial charge on any atom is -0.444 e. The van der Waals surface area contributed by atoms with Gasteiger partial charge in [0.2, 0.25) is 5.89 Å². The molecule has 2 aromatic heterocycles. The number of hydrogen-bond acceptors (Lipinski definition) is 4. The van der Waals surface area contributed by atoms with Gasteiger partial charge in [-0.15, -0.1) is 0 Å². The highest BCUT2D eigenvalue weighted by Gasteiger charge is 2.04. The van der Waals surface area contributed by atoms with Crippen LogP contribution in [0.5, 0.6) is 0 Å². The third-order valence-corrected chi connectivity index (χ3v) is 2.63. The highest BCUT2D eigenvalue weighted by atomic mass is 16.4. The highest BCUT2D eigenvalue weighted by molar-refractivity contribution is 5.05. The fourth-order valence-corrected chi connectivity index (χ4v) is 1.57. The Kier molecular flexibility index (Phi) is 3.88. The molecule has 2 rings (SSSR count). The van der Waals surface area contributed by atoms with Crippen molar-refractivity contribution in [2.24, 2.45) is 0 Å². The van der Waals surface area contributed by atoms with Crippen molar-refractivity contribution in [1.29, 1.82) is 0 Å². The van der Waals surface area contributed by atoms with E-state index in [1.54, 1.807) is 0 Å². The van der Waals surface area contributed by atoms with E-state index in [4.69, 9.17) is 4.42 Å². The Morgan fingerprint density at radius 2 is 2.18 bits per heavy atom. The van der Waals surface area contributed by atoms with Crippen LogP contribution in [0.3, 0.4) is 0 Å². The molecule has 0 amide bonds. The first-order valence-electron chi connectivity index (χ1n) is 5.79. The Labute approximate surface area is 101 Å². The van der Waals surface area contributed by atoms with Gasteiger partial charge < -0.3 is 9.73 Å². The average molecular weight is 231 g/mol. The summed E-state index contributed by atoms with van der Waals surface area (Å²) in [6.45, 7) is 5.43. The van der Waals surface area contributed by atoms with Crippen molar-refractivity contribution in [2.45, 2.75) is 26.8 Å². The molecule has 0 aromatic carbocycles. The lowest BCUT2D eigenvalue weighted by atomic mass is 10.3. The minimum atomic E-state index is 0.668. The molecule has 0 aliphatic carbocycles. The lowest BCUT2D eigenvalue weighted by Crippen LogP contribution is -2.17. The van der Waals surface area contributed by atoms with Crippen molar-refractivity contribution in [1.82, 2.24) is 15.3 Å². The topological polar surface area (TPSA) is 51.0 Å². The third kappa shape index (κ3) is 3.39. The zero-order chi connectivity index (χ0) is 12.1.